The third kappa shape index (κ3) is 4.20. The van der Waals surface area contributed by atoms with Gasteiger partial charge in [-0.25, -0.2) is 0 Å². The maximum absolute atomic E-state index is 5.07. The first-order valence-electron chi connectivity index (χ1n) is 7.01. The third-order valence-electron chi connectivity index (χ3n) is 3.48. The first-order chi connectivity index (χ1) is 9.26. The van der Waals surface area contributed by atoms with Gasteiger partial charge in [-0.05, 0) is 37.5 Å². The van der Waals surface area contributed by atoms with Crippen molar-refractivity contribution in [3.8, 4) is 0 Å². The van der Waals surface area contributed by atoms with Gasteiger partial charge in [-0.1, -0.05) is 22.0 Å². The predicted molar refractivity (Wildman–Crippen MR) is 83.8 cm³/mol. The molecule has 0 radical (unpaired) electrons. The van der Waals surface area contributed by atoms with E-state index in [-0.39, 0.29) is 0 Å². The van der Waals surface area contributed by atoms with E-state index in [2.05, 4.69) is 51.3 Å². The van der Waals surface area contributed by atoms with E-state index in [1.165, 1.54) is 24.1 Å². The minimum Gasteiger partial charge on any atom is -0.383 e. The van der Waals surface area contributed by atoms with Crippen LogP contribution in [0.3, 0.4) is 0 Å². The monoisotopic (exact) mass is 326 g/mol. The quantitative estimate of drug-likeness (QED) is 0.742. The van der Waals surface area contributed by atoms with Gasteiger partial charge in [-0.15, -0.1) is 0 Å². The lowest BCUT2D eigenvalue weighted by atomic mass is 10.1. The number of halogens is 1. The highest BCUT2D eigenvalue weighted by molar-refractivity contribution is 9.10. The average molecular weight is 327 g/mol. The zero-order valence-corrected chi connectivity index (χ0v) is 13.4. The van der Waals surface area contributed by atoms with Crippen molar-refractivity contribution in [2.75, 3.05) is 31.7 Å². The molecule has 0 saturated heterocycles. The fourth-order valence-electron chi connectivity index (χ4n) is 2.36. The second kappa shape index (κ2) is 7.27. The summed E-state index contributed by atoms with van der Waals surface area (Å²) in [5, 5.41) is 3.43. The lowest BCUT2D eigenvalue weighted by molar-refractivity contribution is 0.199. The van der Waals surface area contributed by atoms with Crippen molar-refractivity contribution in [3.05, 3.63) is 28.2 Å². The molecular formula is C15H23BrN2O. The first-order valence-corrected chi connectivity index (χ1v) is 7.80. The molecule has 0 spiro atoms. The van der Waals surface area contributed by atoms with Crippen LogP contribution in [-0.4, -0.2) is 32.8 Å². The smallest absolute Gasteiger partial charge is 0.0587 e. The molecule has 1 fully saturated rings. The van der Waals surface area contributed by atoms with Crippen LogP contribution in [0.1, 0.15) is 25.3 Å². The Morgan fingerprint density at radius 2 is 2.21 bits per heavy atom. The minimum absolute atomic E-state index is 0.747. The van der Waals surface area contributed by atoms with Crippen LogP contribution in [-0.2, 0) is 11.3 Å². The minimum atomic E-state index is 0.747. The maximum Gasteiger partial charge on any atom is 0.0587 e. The number of benzene rings is 1. The van der Waals surface area contributed by atoms with Crippen molar-refractivity contribution in [1.29, 1.82) is 0 Å². The SMILES string of the molecule is CCN(c1cc(Br)ccc1CNCCOC)C1CC1. The van der Waals surface area contributed by atoms with Crippen LogP contribution in [0.15, 0.2) is 22.7 Å². The van der Waals surface area contributed by atoms with Crippen molar-refractivity contribution in [1.82, 2.24) is 5.32 Å². The number of anilines is 1. The molecule has 0 amide bonds. The number of ether oxygens (including phenoxy) is 1. The molecule has 1 aliphatic carbocycles. The number of rotatable bonds is 8. The van der Waals surface area contributed by atoms with Crippen LogP contribution in [0, 0.1) is 0 Å². The van der Waals surface area contributed by atoms with E-state index in [0.717, 1.165) is 36.8 Å². The molecule has 0 aromatic heterocycles. The molecule has 3 nitrogen and oxygen atoms in total. The number of hydrogen-bond acceptors (Lipinski definition) is 3. The topological polar surface area (TPSA) is 24.5 Å². The van der Waals surface area contributed by atoms with Crippen LogP contribution in [0.5, 0.6) is 0 Å². The average Bonchev–Trinajstić information content (AvgIpc) is 3.22. The van der Waals surface area contributed by atoms with Gasteiger partial charge in [-0.2, -0.15) is 0 Å². The molecule has 106 valence electrons. The Balaban J connectivity index is 2.08. The van der Waals surface area contributed by atoms with Crippen LogP contribution < -0.4 is 10.2 Å². The van der Waals surface area contributed by atoms with E-state index < -0.39 is 0 Å². The summed E-state index contributed by atoms with van der Waals surface area (Å²) in [6, 6.07) is 7.33. The fraction of sp³-hybridized carbons (Fsp3) is 0.600. The summed E-state index contributed by atoms with van der Waals surface area (Å²) >= 11 is 3.59. The molecule has 0 atom stereocenters. The Kier molecular flexibility index (Phi) is 5.67. The van der Waals surface area contributed by atoms with Crippen molar-refractivity contribution in [2.24, 2.45) is 0 Å². The van der Waals surface area contributed by atoms with Gasteiger partial charge in [0.05, 0.1) is 6.61 Å². The van der Waals surface area contributed by atoms with Crippen molar-refractivity contribution < 1.29 is 4.74 Å². The Labute approximate surface area is 124 Å². The molecule has 0 aliphatic heterocycles. The summed E-state index contributed by atoms with van der Waals surface area (Å²) < 4.78 is 6.22. The first kappa shape index (κ1) is 14.8. The number of nitrogens with one attached hydrogen (secondary N) is 1. The van der Waals surface area contributed by atoms with Gasteiger partial charge in [0.15, 0.2) is 0 Å². The molecule has 1 aromatic carbocycles. The van der Waals surface area contributed by atoms with E-state index in [4.69, 9.17) is 4.74 Å². The zero-order chi connectivity index (χ0) is 13.7. The number of hydrogen-bond donors (Lipinski definition) is 1. The van der Waals surface area contributed by atoms with E-state index >= 15 is 0 Å². The van der Waals surface area contributed by atoms with Crippen LogP contribution >= 0.6 is 15.9 Å². The van der Waals surface area contributed by atoms with Crippen LogP contribution in [0.2, 0.25) is 0 Å². The summed E-state index contributed by atoms with van der Waals surface area (Å²) in [6.45, 7) is 5.86. The van der Waals surface area contributed by atoms with Crippen molar-refractivity contribution >= 4 is 21.6 Å². The van der Waals surface area contributed by atoms with Gasteiger partial charge >= 0.3 is 0 Å². The Bertz CT molecular complexity index is 407. The Morgan fingerprint density at radius 1 is 1.42 bits per heavy atom. The number of nitrogens with zero attached hydrogens (tertiary/aromatic N) is 1. The van der Waals surface area contributed by atoms with Crippen LogP contribution in [0.4, 0.5) is 5.69 Å². The van der Waals surface area contributed by atoms with Crippen LogP contribution in [0.25, 0.3) is 0 Å². The second-order valence-corrected chi connectivity index (χ2v) is 5.88. The van der Waals surface area contributed by atoms with Crippen molar-refractivity contribution in [2.45, 2.75) is 32.4 Å². The van der Waals surface area contributed by atoms with Gasteiger partial charge in [0.25, 0.3) is 0 Å². The molecule has 0 bridgehead atoms. The largest absolute Gasteiger partial charge is 0.383 e. The Hall–Kier alpha value is -0.580. The molecule has 4 heteroatoms. The van der Waals surface area contributed by atoms with E-state index in [9.17, 15) is 0 Å². The summed E-state index contributed by atoms with van der Waals surface area (Å²) in [7, 11) is 1.73. The highest BCUT2D eigenvalue weighted by atomic mass is 79.9. The highest BCUT2D eigenvalue weighted by Crippen LogP contribution is 2.34. The molecule has 2 rings (SSSR count). The summed E-state index contributed by atoms with van der Waals surface area (Å²) in [5.41, 5.74) is 2.73. The second-order valence-electron chi connectivity index (χ2n) is 4.96. The Morgan fingerprint density at radius 3 is 2.84 bits per heavy atom. The number of methoxy groups -OCH3 is 1. The zero-order valence-electron chi connectivity index (χ0n) is 11.8. The summed E-state index contributed by atoms with van der Waals surface area (Å²) in [6.07, 6.45) is 2.66. The molecular weight excluding hydrogens is 304 g/mol. The third-order valence-corrected chi connectivity index (χ3v) is 3.98. The van der Waals surface area contributed by atoms with Crippen molar-refractivity contribution in [3.63, 3.8) is 0 Å². The predicted octanol–water partition coefficient (Wildman–Crippen LogP) is 3.17. The summed E-state index contributed by atoms with van der Waals surface area (Å²) in [4.78, 5) is 2.53. The molecule has 1 aromatic rings. The summed E-state index contributed by atoms with van der Waals surface area (Å²) in [5.74, 6) is 0. The van der Waals surface area contributed by atoms with Gasteiger partial charge in [0, 0.05) is 42.9 Å². The van der Waals surface area contributed by atoms with E-state index in [0.29, 0.717) is 0 Å². The molecule has 0 unspecified atom stereocenters. The standard InChI is InChI=1S/C15H23BrN2O/c1-3-18(14-6-7-14)15-10-13(16)5-4-12(15)11-17-8-9-19-2/h4-5,10,14,17H,3,6-9,11H2,1-2H3. The highest BCUT2D eigenvalue weighted by Gasteiger charge is 2.29. The maximum atomic E-state index is 5.07. The molecule has 19 heavy (non-hydrogen) atoms. The van der Waals surface area contributed by atoms with E-state index in [1.54, 1.807) is 7.11 Å². The lowest BCUT2D eigenvalue weighted by Crippen LogP contribution is -2.27. The van der Waals surface area contributed by atoms with Gasteiger partial charge < -0.3 is 15.0 Å². The lowest BCUT2D eigenvalue weighted by Gasteiger charge is -2.26. The van der Waals surface area contributed by atoms with Gasteiger partial charge in [0.2, 0.25) is 0 Å². The van der Waals surface area contributed by atoms with E-state index in [1.807, 2.05) is 0 Å². The molecule has 1 N–H and O–H groups in total. The van der Waals surface area contributed by atoms with Gasteiger partial charge in [-0.3, -0.25) is 0 Å². The molecule has 0 heterocycles. The normalized spacial score (nSPS) is 14.7. The fourth-order valence-corrected chi connectivity index (χ4v) is 2.71. The molecule has 1 aliphatic rings. The van der Waals surface area contributed by atoms with Gasteiger partial charge in [0.1, 0.15) is 0 Å². The molecule has 1 saturated carbocycles.